The highest BCUT2D eigenvalue weighted by molar-refractivity contribution is 14.1. The van der Waals surface area contributed by atoms with E-state index in [1.54, 1.807) is 6.07 Å². The summed E-state index contributed by atoms with van der Waals surface area (Å²) in [5, 5.41) is 0. The van der Waals surface area contributed by atoms with Crippen LogP contribution < -0.4 is 5.73 Å². The van der Waals surface area contributed by atoms with Gasteiger partial charge in [0.1, 0.15) is 5.52 Å². The van der Waals surface area contributed by atoms with Crippen LogP contribution in [0.2, 0.25) is 0 Å². The molecule has 1 aromatic heterocycles. The van der Waals surface area contributed by atoms with Gasteiger partial charge in [0, 0.05) is 12.5 Å². The number of hydrogen-bond acceptors (Lipinski definition) is 3. The number of anilines is 1. The summed E-state index contributed by atoms with van der Waals surface area (Å²) in [6.45, 7) is 0. The maximum Gasteiger partial charge on any atom is 0.228 e. The quantitative estimate of drug-likeness (QED) is 0.374. The van der Waals surface area contributed by atoms with Crippen molar-refractivity contribution < 1.29 is 4.42 Å². The lowest BCUT2D eigenvalue weighted by molar-refractivity contribution is 0.620. The lowest BCUT2D eigenvalue weighted by Gasteiger charge is -2.00. The molecule has 0 saturated carbocycles. The van der Waals surface area contributed by atoms with Crippen molar-refractivity contribution in [1.82, 2.24) is 4.98 Å². The number of halogens is 3. The fourth-order valence-electron chi connectivity index (χ4n) is 1.80. The van der Waals surface area contributed by atoms with Gasteiger partial charge >= 0.3 is 0 Å². The molecule has 0 amide bonds. The minimum absolute atomic E-state index is 0.560. The summed E-state index contributed by atoms with van der Waals surface area (Å²) in [5.41, 5.74) is 8.79. The van der Waals surface area contributed by atoms with Crippen LogP contribution in [0.25, 0.3) is 22.6 Å². The molecule has 19 heavy (non-hydrogen) atoms. The number of benzene rings is 2. The summed E-state index contributed by atoms with van der Waals surface area (Å²) in [4.78, 5) is 4.50. The number of oxazole rings is 1. The summed E-state index contributed by atoms with van der Waals surface area (Å²) in [6.07, 6.45) is 0. The molecule has 2 aromatic carbocycles. The van der Waals surface area contributed by atoms with Crippen molar-refractivity contribution in [2.24, 2.45) is 0 Å². The van der Waals surface area contributed by atoms with Gasteiger partial charge in [-0.25, -0.2) is 4.98 Å². The Kier molecular flexibility index (Phi) is 3.57. The average Bonchev–Trinajstić information content (AvgIpc) is 2.76. The first-order valence-electron chi connectivity index (χ1n) is 5.35. The summed E-state index contributed by atoms with van der Waals surface area (Å²) in [5.74, 6) is 0.560. The van der Waals surface area contributed by atoms with Gasteiger partial charge in [0.25, 0.3) is 0 Å². The largest absolute Gasteiger partial charge is 0.434 e. The predicted octanol–water partition coefficient (Wildman–Crippen LogP) is 5.21. The average molecular weight is 494 g/mol. The molecule has 6 heteroatoms. The molecule has 1 heterocycles. The third-order valence-electron chi connectivity index (χ3n) is 2.64. The third kappa shape index (κ3) is 2.53. The monoisotopic (exact) mass is 492 g/mol. The minimum atomic E-state index is 0.560. The fraction of sp³-hybridized carbons (Fsp3) is 0. The van der Waals surface area contributed by atoms with E-state index in [1.165, 1.54) is 0 Å². The first-order chi connectivity index (χ1) is 9.04. The van der Waals surface area contributed by atoms with E-state index in [-0.39, 0.29) is 0 Å². The van der Waals surface area contributed by atoms with Crippen LogP contribution in [0.15, 0.2) is 43.7 Å². The smallest absolute Gasteiger partial charge is 0.228 e. The summed E-state index contributed by atoms with van der Waals surface area (Å²) >= 11 is 9.17. The summed E-state index contributed by atoms with van der Waals surface area (Å²) in [6, 6.07) is 9.70. The van der Waals surface area contributed by atoms with Crippen molar-refractivity contribution in [3.05, 3.63) is 42.8 Å². The highest BCUT2D eigenvalue weighted by Gasteiger charge is 2.14. The number of fused-ring (bicyclic) bond motifs is 1. The molecule has 0 aliphatic heterocycles. The van der Waals surface area contributed by atoms with Crippen molar-refractivity contribution in [1.29, 1.82) is 0 Å². The van der Waals surface area contributed by atoms with Crippen molar-refractivity contribution in [3.63, 3.8) is 0 Å². The molecule has 2 N–H and O–H groups in total. The molecule has 96 valence electrons. The van der Waals surface area contributed by atoms with E-state index >= 15 is 0 Å². The molecule has 0 fully saturated rings. The number of rotatable bonds is 1. The first kappa shape index (κ1) is 13.4. The van der Waals surface area contributed by atoms with Crippen LogP contribution in [0.3, 0.4) is 0 Å². The second-order valence-corrected chi connectivity index (χ2v) is 7.00. The Morgan fingerprint density at radius 1 is 1.16 bits per heavy atom. The zero-order chi connectivity index (χ0) is 13.6. The van der Waals surface area contributed by atoms with Crippen molar-refractivity contribution >= 4 is 71.2 Å². The molecule has 0 spiro atoms. The normalized spacial score (nSPS) is 11.1. The van der Waals surface area contributed by atoms with E-state index in [0.29, 0.717) is 17.2 Å². The predicted molar refractivity (Wildman–Crippen MR) is 92.0 cm³/mol. The zero-order valence-electron chi connectivity index (χ0n) is 9.45. The van der Waals surface area contributed by atoms with Gasteiger partial charge in [0.05, 0.1) is 11.3 Å². The molecule has 0 radical (unpaired) electrons. The molecule has 3 rings (SSSR count). The molecule has 0 bridgehead atoms. The van der Waals surface area contributed by atoms with Crippen LogP contribution in [0.1, 0.15) is 0 Å². The highest BCUT2D eigenvalue weighted by atomic mass is 127. The van der Waals surface area contributed by atoms with Crippen molar-refractivity contribution in [2.75, 3.05) is 5.73 Å². The maximum atomic E-state index is 5.94. The topological polar surface area (TPSA) is 52.0 Å². The van der Waals surface area contributed by atoms with Gasteiger partial charge in [-0.2, -0.15) is 0 Å². The number of nitrogens with two attached hydrogens (primary N) is 1. The Labute approximate surface area is 140 Å². The van der Waals surface area contributed by atoms with E-state index < -0.39 is 0 Å². The van der Waals surface area contributed by atoms with Crippen LogP contribution >= 0.6 is 54.5 Å². The molecule has 3 aromatic rings. The summed E-state index contributed by atoms with van der Waals surface area (Å²) in [7, 11) is 0. The Morgan fingerprint density at radius 2 is 1.95 bits per heavy atom. The van der Waals surface area contributed by atoms with Gasteiger partial charge in [0.15, 0.2) is 5.58 Å². The van der Waals surface area contributed by atoms with Crippen LogP contribution in [-0.2, 0) is 0 Å². The van der Waals surface area contributed by atoms with E-state index in [9.17, 15) is 0 Å². The van der Waals surface area contributed by atoms with Gasteiger partial charge in [-0.05, 0) is 68.9 Å². The third-order valence-corrected chi connectivity index (χ3v) is 4.46. The first-order valence-corrected chi connectivity index (χ1v) is 8.02. The molecular weight excluding hydrogens is 487 g/mol. The Balaban J connectivity index is 2.26. The fourth-order valence-corrected chi connectivity index (χ4v) is 3.17. The number of nitrogens with zero attached hydrogens (tertiary/aromatic N) is 1. The molecule has 0 saturated heterocycles. The van der Waals surface area contributed by atoms with E-state index in [2.05, 4.69) is 59.4 Å². The van der Waals surface area contributed by atoms with Gasteiger partial charge in [-0.15, -0.1) is 0 Å². The molecule has 0 aliphatic carbocycles. The van der Waals surface area contributed by atoms with E-state index in [4.69, 9.17) is 10.2 Å². The van der Waals surface area contributed by atoms with Crippen molar-refractivity contribution in [3.8, 4) is 11.5 Å². The zero-order valence-corrected chi connectivity index (χ0v) is 14.8. The van der Waals surface area contributed by atoms with Gasteiger partial charge < -0.3 is 10.2 Å². The molecule has 3 nitrogen and oxygen atoms in total. The molecule has 0 unspecified atom stereocenters. The van der Waals surface area contributed by atoms with Gasteiger partial charge in [0.2, 0.25) is 5.89 Å². The molecule has 0 aliphatic rings. The lowest BCUT2D eigenvalue weighted by atomic mass is 10.2. The van der Waals surface area contributed by atoms with Crippen LogP contribution in [-0.4, -0.2) is 4.98 Å². The maximum absolute atomic E-state index is 5.94. The van der Waals surface area contributed by atoms with Crippen LogP contribution in [0, 0.1) is 3.57 Å². The van der Waals surface area contributed by atoms with Gasteiger partial charge in [-0.3, -0.25) is 0 Å². The number of nitrogen functional groups attached to an aromatic ring is 1. The number of aromatic nitrogens is 1. The summed E-state index contributed by atoms with van der Waals surface area (Å²) < 4.78 is 8.73. The minimum Gasteiger partial charge on any atom is -0.434 e. The van der Waals surface area contributed by atoms with E-state index in [1.807, 2.05) is 24.3 Å². The van der Waals surface area contributed by atoms with Crippen molar-refractivity contribution in [2.45, 2.75) is 0 Å². The Hall–Kier alpha value is -0.600. The lowest BCUT2D eigenvalue weighted by Crippen LogP contribution is -1.84. The standard InChI is InChI=1S/C13H7Br2IN2O/c14-6-3-10(17)12-11(4-6)18-13(19-12)8-5-7(16)1-2-9(8)15/h1-5H,17H2. The SMILES string of the molecule is Nc1cc(Br)cc2nc(-c3cc(I)ccc3Br)oc12. The van der Waals surface area contributed by atoms with E-state index in [0.717, 1.165) is 23.6 Å². The molecular formula is C13H7Br2IN2O. The Bertz CT molecular complexity index is 786. The van der Waals surface area contributed by atoms with Crippen LogP contribution in [0.5, 0.6) is 0 Å². The molecule has 0 atom stereocenters. The number of hydrogen-bond donors (Lipinski definition) is 1. The Morgan fingerprint density at radius 3 is 2.74 bits per heavy atom. The van der Waals surface area contributed by atoms with Gasteiger partial charge in [-0.1, -0.05) is 15.9 Å². The van der Waals surface area contributed by atoms with Crippen LogP contribution in [0.4, 0.5) is 5.69 Å². The highest BCUT2D eigenvalue weighted by Crippen LogP contribution is 2.34. The second-order valence-electron chi connectivity index (χ2n) is 3.99. The second kappa shape index (κ2) is 5.06.